The first-order valence-corrected chi connectivity index (χ1v) is 11.5. The number of fused-ring (bicyclic) bond motifs is 3. The van der Waals surface area contributed by atoms with E-state index < -0.39 is 0 Å². The Kier molecular flexibility index (Phi) is 5.24. The lowest BCUT2D eigenvalue weighted by Crippen LogP contribution is -2.40. The average Bonchev–Trinajstić information content (AvgIpc) is 2.96. The summed E-state index contributed by atoms with van der Waals surface area (Å²) in [6.07, 6.45) is 5.88. The molecule has 1 amide bonds. The first-order chi connectivity index (χ1) is 12.5. The maximum absolute atomic E-state index is 12.7. The molecule has 2 atom stereocenters. The van der Waals surface area contributed by atoms with Crippen LogP contribution < -0.4 is 0 Å². The predicted molar refractivity (Wildman–Crippen MR) is 109 cm³/mol. The number of hydrogen-bond acceptors (Lipinski definition) is 5. The minimum absolute atomic E-state index is 0.253. The van der Waals surface area contributed by atoms with Gasteiger partial charge in [-0.25, -0.2) is 9.97 Å². The number of aryl methyl sites for hydroxylation is 2. The van der Waals surface area contributed by atoms with Gasteiger partial charge in [-0.05, 0) is 56.4 Å². The number of nitrogens with zero attached hydrogens (tertiary/aromatic N) is 3. The van der Waals surface area contributed by atoms with Crippen molar-refractivity contribution in [2.24, 2.45) is 11.8 Å². The molecule has 0 N–H and O–H groups in total. The highest BCUT2D eigenvalue weighted by Gasteiger charge is 2.25. The van der Waals surface area contributed by atoms with Crippen LogP contribution in [0.1, 0.15) is 49.4 Å². The molecule has 1 fully saturated rings. The Morgan fingerprint density at radius 1 is 1.27 bits per heavy atom. The quantitative estimate of drug-likeness (QED) is 0.574. The molecule has 0 unspecified atom stereocenters. The molecule has 2 aromatic rings. The summed E-state index contributed by atoms with van der Waals surface area (Å²) >= 11 is 3.44. The predicted octanol–water partition coefficient (Wildman–Crippen LogP) is 4.48. The molecule has 2 aliphatic rings. The van der Waals surface area contributed by atoms with Gasteiger partial charge < -0.3 is 4.90 Å². The SMILES string of the molecule is Cc1nc(SCC(=O)N2CCC[C@H](C)C2)c2c3c(sc2n1)C[C@H](C)CC3. The third kappa shape index (κ3) is 3.63. The molecule has 4 rings (SSSR count). The highest BCUT2D eigenvalue weighted by atomic mass is 32.2. The van der Waals surface area contributed by atoms with E-state index in [1.54, 1.807) is 11.8 Å². The third-order valence-electron chi connectivity index (χ3n) is 5.58. The van der Waals surface area contributed by atoms with Gasteiger partial charge >= 0.3 is 0 Å². The van der Waals surface area contributed by atoms with E-state index in [0.717, 1.165) is 54.0 Å². The highest BCUT2D eigenvalue weighted by Crippen LogP contribution is 2.41. The summed E-state index contributed by atoms with van der Waals surface area (Å²) in [7, 11) is 0. The second kappa shape index (κ2) is 7.47. The van der Waals surface area contributed by atoms with Crippen molar-refractivity contribution < 1.29 is 4.79 Å². The van der Waals surface area contributed by atoms with Gasteiger partial charge in [-0.3, -0.25) is 4.79 Å². The van der Waals surface area contributed by atoms with Crippen molar-refractivity contribution in [1.82, 2.24) is 14.9 Å². The molecule has 4 nitrogen and oxygen atoms in total. The highest BCUT2D eigenvalue weighted by molar-refractivity contribution is 8.00. The maximum Gasteiger partial charge on any atom is 0.232 e. The Morgan fingerprint density at radius 3 is 2.92 bits per heavy atom. The van der Waals surface area contributed by atoms with Crippen LogP contribution in [0.15, 0.2) is 5.03 Å². The summed E-state index contributed by atoms with van der Waals surface area (Å²) in [5.74, 6) is 2.92. The van der Waals surface area contributed by atoms with Gasteiger partial charge in [-0.15, -0.1) is 11.3 Å². The molecule has 26 heavy (non-hydrogen) atoms. The standard InChI is InChI=1S/C20H27N3OS2/c1-12-6-7-15-16(9-12)26-20-18(15)19(21-14(3)22-20)25-11-17(24)23-8-4-5-13(2)10-23/h12-13H,4-11H2,1-3H3/t12-,13+/m1/s1. The molecular formula is C20H27N3OS2. The van der Waals surface area contributed by atoms with E-state index >= 15 is 0 Å². The Balaban J connectivity index is 1.57. The van der Waals surface area contributed by atoms with Crippen LogP contribution in [0.4, 0.5) is 0 Å². The van der Waals surface area contributed by atoms with Crippen LogP contribution in [0.3, 0.4) is 0 Å². The number of thiophene rings is 1. The van der Waals surface area contributed by atoms with Gasteiger partial charge in [0.2, 0.25) is 5.91 Å². The van der Waals surface area contributed by atoms with Gasteiger partial charge in [-0.1, -0.05) is 25.6 Å². The summed E-state index contributed by atoms with van der Waals surface area (Å²) in [6, 6.07) is 0. The lowest BCUT2D eigenvalue weighted by Gasteiger charge is -2.30. The number of carbonyl (C=O) groups is 1. The maximum atomic E-state index is 12.7. The Hall–Kier alpha value is -1.14. The van der Waals surface area contributed by atoms with E-state index in [2.05, 4.69) is 13.8 Å². The van der Waals surface area contributed by atoms with Crippen molar-refractivity contribution in [1.29, 1.82) is 0 Å². The zero-order valence-electron chi connectivity index (χ0n) is 15.9. The second-order valence-electron chi connectivity index (χ2n) is 7.98. The van der Waals surface area contributed by atoms with Crippen molar-refractivity contribution in [3.05, 3.63) is 16.3 Å². The topological polar surface area (TPSA) is 46.1 Å². The number of amides is 1. The molecule has 2 aromatic heterocycles. The molecule has 0 saturated carbocycles. The number of likely N-dealkylation sites (tertiary alicyclic amines) is 1. The van der Waals surface area contributed by atoms with E-state index in [9.17, 15) is 4.79 Å². The minimum Gasteiger partial charge on any atom is -0.342 e. The molecular weight excluding hydrogens is 362 g/mol. The average molecular weight is 390 g/mol. The number of aromatic nitrogens is 2. The zero-order valence-corrected chi connectivity index (χ0v) is 17.5. The van der Waals surface area contributed by atoms with Crippen LogP contribution in [-0.2, 0) is 17.6 Å². The summed E-state index contributed by atoms with van der Waals surface area (Å²) in [4.78, 5) is 26.7. The summed E-state index contributed by atoms with van der Waals surface area (Å²) in [6.45, 7) is 8.34. The number of thioether (sulfide) groups is 1. The van der Waals surface area contributed by atoms with Crippen LogP contribution in [0.5, 0.6) is 0 Å². The molecule has 1 aliphatic carbocycles. The first-order valence-electron chi connectivity index (χ1n) is 9.70. The van der Waals surface area contributed by atoms with Crippen molar-refractivity contribution >= 4 is 39.2 Å². The van der Waals surface area contributed by atoms with Gasteiger partial charge in [0.25, 0.3) is 0 Å². The number of piperidine rings is 1. The Bertz CT molecular complexity index is 832. The Morgan fingerprint density at radius 2 is 2.12 bits per heavy atom. The summed E-state index contributed by atoms with van der Waals surface area (Å²) in [5, 5.41) is 2.24. The number of hydrogen-bond donors (Lipinski definition) is 0. The fourth-order valence-electron chi connectivity index (χ4n) is 4.15. The third-order valence-corrected chi connectivity index (χ3v) is 7.68. The lowest BCUT2D eigenvalue weighted by atomic mass is 9.89. The van der Waals surface area contributed by atoms with Crippen molar-refractivity contribution in [2.75, 3.05) is 18.8 Å². The van der Waals surface area contributed by atoms with Crippen LogP contribution >= 0.6 is 23.1 Å². The second-order valence-corrected chi connectivity index (χ2v) is 10.0. The smallest absolute Gasteiger partial charge is 0.232 e. The zero-order chi connectivity index (χ0) is 18.3. The molecule has 0 bridgehead atoms. The molecule has 1 saturated heterocycles. The molecule has 0 spiro atoms. The van der Waals surface area contributed by atoms with Crippen molar-refractivity contribution in [3.63, 3.8) is 0 Å². The fraction of sp³-hybridized carbons (Fsp3) is 0.650. The van der Waals surface area contributed by atoms with E-state index in [-0.39, 0.29) is 5.91 Å². The van der Waals surface area contributed by atoms with E-state index in [0.29, 0.717) is 11.7 Å². The van der Waals surface area contributed by atoms with E-state index in [1.165, 1.54) is 28.7 Å². The monoisotopic (exact) mass is 389 g/mol. The fourth-order valence-corrected chi connectivity index (χ4v) is 6.65. The van der Waals surface area contributed by atoms with Gasteiger partial charge in [0.1, 0.15) is 15.7 Å². The Labute approximate surface area is 163 Å². The van der Waals surface area contributed by atoms with Gasteiger partial charge in [0, 0.05) is 23.4 Å². The number of carbonyl (C=O) groups excluding carboxylic acids is 1. The molecule has 3 heterocycles. The molecule has 0 aromatic carbocycles. The molecule has 6 heteroatoms. The van der Waals surface area contributed by atoms with E-state index in [1.807, 2.05) is 23.2 Å². The molecule has 140 valence electrons. The molecule has 0 radical (unpaired) electrons. The number of rotatable bonds is 3. The first kappa shape index (κ1) is 18.2. The summed E-state index contributed by atoms with van der Waals surface area (Å²) in [5.41, 5.74) is 1.45. The van der Waals surface area contributed by atoms with Gasteiger partial charge in [-0.2, -0.15) is 0 Å². The van der Waals surface area contributed by atoms with Crippen molar-refractivity contribution in [3.8, 4) is 0 Å². The lowest BCUT2D eigenvalue weighted by molar-refractivity contribution is -0.130. The van der Waals surface area contributed by atoms with E-state index in [4.69, 9.17) is 9.97 Å². The van der Waals surface area contributed by atoms with Crippen LogP contribution in [-0.4, -0.2) is 39.6 Å². The van der Waals surface area contributed by atoms with Crippen LogP contribution in [0.2, 0.25) is 0 Å². The minimum atomic E-state index is 0.253. The normalized spacial score (nSPS) is 23.3. The van der Waals surface area contributed by atoms with Crippen LogP contribution in [0, 0.1) is 18.8 Å². The van der Waals surface area contributed by atoms with Gasteiger partial charge in [0.05, 0.1) is 5.75 Å². The van der Waals surface area contributed by atoms with Crippen molar-refractivity contribution in [2.45, 2.75) is 57.9 Å². The molecule has 1 aliphatic heterocycles. The summed E-state index contributed by atoms with van der Waals surface area (Å²) < 4.78 is 0. The van der Waals surface area contributed by atoms with Crippen LogP contribution in [0.25, 0.3) is 10.2 Å². The van der Waals surface area contributed by atoms with Gasteiger partial charge in [0.15, 0.2) is 0 Å². The largest absolute Gasteiger partial charge is 0.342 e.